The standard InChI is InChI=1S/C16H15ClN2O2/c1-11-6-7-14(15(17)8-11)16(20)19-18-10-12-4-3-5-13(9-12)21-2/h3-10H,1-2H3,(H,19,20)/b18-10+. The molecule has 0 radical (unpaired) electrons. The summed E-state index contributed by atoms with van der Waals surface area (Å²) >= 11 is 6.03. The molecule has 4 nitrogen and oxygen atoms in total. The van der Waals surface area contributed by atoms with Gasteiger partial charge in [0.25, 0.3) is 5.91 Å². The van der Waals surface area contributed by atoms with Gasteiger partial charge in [0.05, 0.1) is 23.9 Å². The number of carbonyl (C=O) groups is 1. The molecular weight excluding hydrogens is 288 g/mol. The number of nitrogens with zero attached hydrogens (tertiary/aromatic N) is 1. The van der Waals surface area contributed by atoms with Crippen LogP contribution in [-0.2, 0) is 0 Å². The lowest BCUT2D eigenvalue weighted by molar-refractivity contribution is 0.0955. The number of amides is 1. The van der Waals surface area contributed by atoms with Gasteiger partial charge < -0.3 is 4.74 Å². The van der Waals surface area contributed by atoms with Crippen molar-refractivity contribution in [3.63, 3.8) is 0 Å². The van der Waals surface area contributed by atoms with E-state index in [-0.39, 0.29) is 5.91 Å². The van der Waals surface area contributed by atoms with E-state index in [1.807, 2.05) is 37.3 Å². The highest BCUT2D eigenvalue weighted by Gasteiger charge is 2.08. The van der Waals surface area contributed by atoms with Crippen LogP contribution in [0.2, 0.25) is 5.02 Å². The van der Waals surface area contributed by atoms with E-state index < -0.39 is 0 Å². The Morgan fingerprint density at radius 2 is 2.10 bits per heavy atom. The first-order valence-electron chi connectivity index (χ1n) is 6.34. The van der Waals surface area contributed by atoms with Gasteiger partial charge in [-0.15, -0.1) is 0 Å². The predicted molar refractivity (Wildman–Crippen MR) is 84.2 cm³/mol. The number of nitrogens with one attached hydrogen (secondary N) is 1. The lowest BCUT2D eigenvalue weighted by Crippen LogP contribution is -2.18. The van der Waals surface area contributed by atoms with Crippen LogP contribution in [0.5, 0.6) is 5.75 Å². The Balaban J connectivity index is 2.04. The molecule has 21 heavy (non-hydrogen) atoms. The van der Waals surface area contributed by atoms with Crippen molar-refractivity contribution >= 4 is 23.7 Å². The van der Waals surface area contributed by atoms with Crippen LogP contribution in [0.4, 0.5) is 0 Å². The number of hydrazone groups is 1. The van der Waals surface area contributed by atoms with Gasteiger partial charge in [-0.3, -0.25) is 4.79 Å². The molecule has 0 aromatic heterocycles. The number of hydrogen-bond donors (Lipinski definition) is 1. The zero-order valence-corrected chi connectivity index (χ0v) is 12.5. The maximum atomic E-state index is 12.0. The predicted octanol–water partition coefficient (Wildman–Crippen LogP) is 3.42. The minimum Gasteiger partial charge on any atom is -0.497 e. The van der Waals surface area contributed by atoms with Gasteiger partial charge in [0.2, 0.25) is 0 Å². The second-order valence-electron chi connectivity index (χ2n) is 4.46. The fourth-order valence-electron chi connectivity index (χ4n) is 1.75. The van der Waals surface area contributed by atoms with Crippen LogP contribution in [-0.4, -0.2) is 19.2 Å². The van der Waals surface area contributed by atoms with Crippen molar-refractivity contribution in [1.82, 2.24) is 5.43 Å². The smallest absolute Gasteiger partial charge is 0.272 e. The summed E-state index contributed by atoms with van der Waals surface area (Å²) in [7, 11) is 1.59. The summed E-state index contributed by atoms with van der Waals surface area (Å²) in [6.07, 6.45) is 1.54. The van der Waals surface area contributed by atoms with Crippen molar-refractivity contribution < 1.29 is 9.53 Å². The van der Waals surface area contributed by atoms with Gasteiger partial charge in [-0.1, -0.05) is 29.8 Å². The van der Waals surface area contributed by atoms with E-state index in [9.17, 15) is 4.79 Å². The van der Waals surface area contributed by atoms with Gasteiger partial charge in [-0.25, -0.2) is 5.43 Å². The first-order valence-corrected chi connectivity index (χ1v) is 6.71. The molecule has 0 fully saturated rings. The monoisotopic (exact) mass is 302 g/mol. The molecular formula is C16H15ClN2O2. The van der Waals surface area contributed by atoms with Gasteiger partial charge in [-0.2, -0.15) is 5.10 Å². The molecule has 1 N–H and O–H groups in total. The van der Waals surface area contributed by atoms with Gasteiger partial charge in [0.15, 0.2) is 0 Å². The summed E-state index contributed by atoms with van der Waals surface area (Å²) in [4.78, 5) is 12.0. The van der Waals surface area contributed by atoms with Crippen molar-refractivity contribution in [1.29, 1.82) is 0 Å². The van der Waals surface area contributed by atoms with Crippen LogP contribution in [0.25, 0.3) is 0 Å². The molecule has 0 heterocycles. The molecule has 0 aliphatic carbocycles. The van der Waals surface area contributed by atoms with Crippen LogP contribution in [0.1, 0.15) is 21.5 Å². The normalized spacial score (nSPS) is 10.6. The molecule has 0 aliphatic heterocycles. The summed E-state index contributed by atoms with van der Waals surface area (Å²) in [5.41, 5.74) is 4.66. The molecule has 0 spiro atoms. The Morgan fingerprint density at radius 1 is 1.29 bits per heavy atom. The van der Waals surface area contributed by atoms with Gasteiger partial charge in [-0.05, 0) is 42.3 Å². The zero-order valence-electron chi connectivity index (χ0n) is 11.8. The van der Waals surface area contributed by atoms with E-state index in [1.54, 1.807) is 25.5 Å². The quantitative estimate of drug-likeness (QED) is 0.695. The molecule has 108 valence electrons. The molecule has 0 bridgehead atoms. The second kappa shape index (κ2) is 6.90. The Kier molecular flexibility index (Phi) is 4.95. The summed E-state index contributed by atoms with van der Waals surface area (Å²) < 4.78 is 5.11. The number of rotatable bonds is 4. The van der Waals surface area contributed by atoms with E-state index in [4.69, 9.17) is 16.3 Å². The molecule has 5 heteroatoms. The van der Waals surface area contributed by atoms with Gasteiger partial charge >= 0.3 is 0 Å². The van der Waals surface area contributed by atoms with Crippen LogP contribution >= 0.6 is 11.6 Å². The third-order valence-electron chi connectivity index (χ3n) is 2.84. The SMILES string of the molecule is COc1cccc(/C=N/NC(=O)c2ccc(C)cc2Cl)c1. The van der Waals surface area contributed by atoms with Crippen molar-refractivity contribution in [3.8, 4) is 5.75 Å². The van der Waals surface area contributed by atoms with E-state index >= 15 is 0 Å². The van der Waals surface area contributed by atoms with E-state index in [0.717, 1.165) is 16.9 Å². The van der Waals surface area contributed by atoms with E-state index in [0.29, 0.717) is 10.6 Å². The number of aryl methyl sites for hydroxylation is 1. The number of halogens is 1. The van der Waals surface area contributed by atoms with Crippen molar-refractivity contribution in [2.24, 2.45) is 5.10 Å². The molecule has 0 unspecified atom stereocenters. The molecule has 0 saturated heterocycles. The number of ether oxygens (including phenoxy) is 1. The topological polar surface area (TPSA) is 50.7 Å². The molecule has 0 saturated carbocycles. The third kappa shape index (κ3) is 4.07. The first kappa shape index (κ1) is 15.1. The summed E-state index contributed by atoms with van der Waals surface area (Å²) in [6, 6.07) is 12.6. The third-order valence-corrected chi connectivity index (χ3v) is 3.16. The fraction of sp³-hybridized carbons (Fsp3) is 0.125. The molecule has 1 amide bonds. The van der Waals surface area contributed by atoms with Crippen LogP contribution in [0, 0.1) is 6.92 Å². The number of hydrogen-bond acceptors (Lipinski definition) is 3. The first-order chi connectivity index (χ1) is 10.1. The second-order valence-corrected chi connectivity index (χ2v) is 4.87. The summed E-state index contributed by atoms with van der Waals surface area (Å²) in [6.45, 7) is 1.91. The molecule has 0 atom stereocenters. The van der Waals surface area contributed by atoms with Crippen molar-refractivity contribution in [3.05, 3.63) is 64.2 Å². The van der Waals surface area contributed by atoms with E-state index in [2.05, 4.69) is 10.5 Å². The zero-order chi connectivity index (χ0) is 15.2. The minimum atomic E-state index is -0.348. The highest BCUT2D eigenvalue weighted by molar-refractivity contribution is 6.33. The van der Waals surface area contributed by atoms with Crippen LogP contribution in [0.15, 0.2) is 47.6 Å². The summed E-state index contributed by atoms with van der Waals surface area (Å²) in [5, 5.41) is 4.32. The lowest BCUT2D eigenvalue weighted by Gasteiger charge is -2.03. The Morgan fingerprint density at radius 3 is 2.81 bits per heavy atom. The molecule has 0 aliphatic rings. The minimum absolute atomic E-state index is 0.348. The molecule has 2 aromatic carbocycles. The van der Waals surface area contributed by atoms with Gasteiger partial charge in [0, 0.05) is 0 Å². The van der Waals surface area contributed by atoms with Crippen molar-refractivity contribution in [2.45, 2.75) is 6.92 Å². The average molecular weight is 303 g/mol. The Labute approximate surface area is 128 Å². The maximum absolute atomic E-state index is 12.0. The number of benzene rings is 2. The van der Waals surface area contributed by atoms with Crippen LogP contribution in [0.3, 0.4) is 0 Å². The number of methoxy groups -OCH3 is 1. The molecule has 2 rings (SSSR count). The van der Waals surface area contributed by atoms with Crippen LogP contribution < -0.4 is 10.2 Å². The van der Waals surface area contributed by atoms with Crippen molar-refractivity contribution in [2.75, 3.05) is 7.11 Å². The largest absolute Gasteiger partial charge is 0.497 e. The lowest BCUT2D eigenvalue weighted by atomic mass is 10.1. The Hall–Kier alpha value is -2.33. The fourth-order valence-corrected chi connectivity index (χ4v) is 2.07. The highest BCUT2D eigenvalue weighted by Crippen LogP contribution is 2.17. The Bertz CT molecular complexity index is 684. The maximum Gasteiger partial charge on any atom is 0.272 e. The molecule has 2 aromatic rings. The summed E-state index contributed by atoms with van der Waals surface area (Å²) in [5.74, 6) is 0.381. The average Bonchev–Trinajstić information content (AvgIpc) is 2.47. The van der Waals surface area contributed by atoms with E-state index in [1.165, 1.54) is 0 Å². The highest BCUT2D eigenvalue weighted by atomic mass is 35.5. The van der Waals surface area contributed by atoms with Gasteiger partial charge in [0.1, 0.15) is 5.75 Å². The number of carbonyl (C=O) groups excluding carboxylic acids is 1.